The van der Waals surface area contributed by atoms with Gasteiger partial charge < -0.3 is 19.5 Å². The first-order valence-corrected chi connectivity index (χ1v) is 11.2. The van der Waals surface area contributed by atoms with Gasteiger partial charge in [-0.25, -0.2) is 4.99 Å². The number of furan rings is 1. The molecule has 4 rings (SSSR count). The van der Waals surface area contributed by atoms with E-state index in [2.05, 4.69) is 41.1 Å². The van der Waals surface area contributed by atoms with Crippen LogP contribution >= 0.6 is 24.0 Å². The second-order valence-electron chi connectivity index (χ2n) is 8.15. The van der Waals surface area contributed by atoms with Crippen LogP contribution in [0.25, 0.3) is 11.0 Å². The Morgan fingerprint density at radius 1 is 1.10 bits per heavy atom. The monoisotopic (exact) mass is 539 g/mol. The van der Waals surface area contributed by atoms with Gasteiger partial charge >= 0.3 is 0 Å². The van der Waals surface area contributed by atoms with E-state index >= 15 is 0 Å². The Labute approximate surface area is 201 Å². The van der Waals surface area contributed by atoms with Gasteiger partial charge in [0, 0.05) is 51.2 Å². The maximum absolute atomic E-state index is 12.7. The van der Waals surface area contributed by atoms with Gasteiger partial charge in [-0.05, 0) is 38.8 Å². The van der Waals surface area contributed by atoms with Crippen LogP contribution in [0.4, 0.5) is 0 Å². The minimum Gasteiger partial charge on any atom is -0.459 e. The predicted octanol–water partition coefficient (Wildman–Crippen LogP) is 3.14. The van der Waals surface area contributed by atoms with Crippen molar-refractivity contribution in [3.8, 4) is 0 Å². The molecular weight excluding hydrogens is 505 g/mol. The number of amides is 1. The SMILES string of the molecule is CCNC(=NCc1cc2ccccc2o1)N1CCN(C(C)C(=O)N2CCCC2)CC1.I. The second kappa shape index (κ2) is 11.2. The summed E-state index contributed by atoms with van der Waals surface area (Å²) in [5, 5.41) is 4.52. The fourth-order valence-electron chi connectivity index (χ4n) is 4.37. The number of rotatable bonds is 5. The van der Waals surface area contributed by atoms with E-state index in [0.29, 0.717) is 6.54 Å². The number of nitrogens with one attached hydrogen (secondary N) is 1. The average molecular weight is 539 g/mol. The number of likely N-dealkylation sites (tertiary alicyclic amines) is 1. The molecule has 1 N–H and O–H groups in total. The minimum absolute atomic E-state index is 0. The molecule has 0 radical (unpaired) electrons. The van der Waals surface area contributed by atoms with Gasteiger partial charge in [-0.1, -0.05) is 18.2 Å². The van der Waals surface area contributed by atoms with Gasteiger partial charge in [-0.2, -0.15) is 0 Å². The standard InChI is InChI=1S/C23H33N5O2.HI/c1-3-24-23(25-17-20-16-19-8-4-5-9-21(19)30-20)28-14-12-26(13-15-28)18(2)22(29)27-10-6-7-11-27;/h4-5,8-9,16,18H,3,6-7,10-15,17H2,1-2H3,(H,24,25);1H. The van der Waals surface area contributed by atoms with Crippen molar-refractivity contribution in [2.24, 2.45) is 4.99 Å². The molecular formula is C23H34IN5O2. The number of hydrogen-bond donors (Lipinski definition) is 1. The van der Waals surface area contributed by atoms with Gasteiger partial charge in [0.2, 0.25) is 5.91 Å². The Hall–Kier alpha value is -1.81. The van der Waals surface area contributed by atoms with Crippen molar-refractivity contribution in [3.05, 3.63) is 36.1 Å². The quantitative estimate of drug-likeness (QED) is 0.360. The minimum atomic E-state index is -0.0414. The molecule has 2 aliphatic rings. The van der Waals surface area contributed by atoms with Crippen LogP contribution in [0.15, 0.2) is 39.7 Å². The van der Waals surface area contributed by atoms with Crippen molar-refractivity contribution >= 4 is 46.8 Å². The fourth-order valence-corrected chi connectivity index (χ4v) is 4.37. The number of fused-ring (bicyclic) bond motifs is 1. The number of carbonyl (C=O) groups is 1. The molecule has 8 heteroatoms. The number of para-hydroxylation sites is 1. The molecule has 1 amide bonds. The summed E-state index contributed by atoms with van der Waals surface area (Å²) in [5.74, 6) is 2.07. The van der Waals surface area contributed by atoms with Crippen LogP contribution in [0.2, 0.25) is 0 Å². The van der Waals surface area contributed by atoms with Crippen LogP contribution in [-0.2, 0) is 11.3 Å². The van der Waals surface area contributed by atoms with Crippen LogP contribution in [0.1, 0.15) is 32.4 Å². The molecule has 31 heavy (non-hydrogen) atoms. The van der Waals surface area contributed by atoms with Crippen LogP contribution in [0.3, 0.4) is 0 Å². The molecule has 1 aromatic carbocycles. The summed E-state index contributed by atoms with van der Waals surface area (Å²) >= 11 is 0. The molecule has 170 valence electrons. The average Bonchev–Trinajstić information content (AvgIpc) is 3.45. The lowest BCUT2D eigenvalue weighted by molar-refractivity contribution is -0.135. The summed E-state index contributed by atoms with van der Waals surface area (Å²) in [6, 6.07) is 10.1. The van der Waals surface area contributed by atoms with Crippen molar-refractivity contribution in [2.75, 3.05) is 45.8 Å². The molecule has 1 unspecified atom stereocenters. The summed E-state index contributed by atoms with van der Waals surface area (Å²) in [6.07, 6.45) is 2.28. The summed E-state index contributed by atoms with van der Waals surface area (Å²) in [7, 11) is 0. The molecule has 2 aromatic rings. The highest BCUT2D eigenvalue weighted by molar-refractivity contribution is 14.0. The molecule has 2 saturated heterocycles. The lowest BCUT2D eigenvalue weighted by atomic mass is 10.2. The highest BCUT2D eigenvalue weighted by Gasteiger charge is 2.30. The van der Waals surface area contributed by atoms with Gasteiger partial charge in [0.15, 0.2) is 5.96 Å². The Balaban J connectivity index is 0.00000272. The molecule has 1 atom stereocenters. The van der Waals surface area contributed by atoms with Crippen molar-refractivity contribution < 1.29 is 9.21 Å². The van der Waals surface area contributed by atoms with Crippen LogP contribution < -0.4 is 5.32 Å². The number of nitrogens with zero attached hydrogens (tertiary/aromatic N) is 4. The zero-order valence-corrected chi connectivity index (χ0v) is 20.9. The molecule has 0 bridgehead atoms. The van der Waals surface area contributed by atoms with E-state index in [1.54, 1.807) is 0 Å². The second-order valence-corrected chi connectivity index (χ2v) is 8.15. The van der Waals surface area contributed by atoms with E-state index in [1.165, 1.54) is 0 Å². The first kappa shape index (κ1) is 23.8. The predicted molar refractivity (Wildman–Crippen MR) is 135 cm³/mol. The van der Waals surface area contributed by atoms with E-state index in [-0.39, 0.29) is 35.9 Å². The zero-order chi connectivity index (χ0) is 20.9. The Morgan fingerprint density at radius 2 is 1.81 bits per heavy atom. The van der Waals surface area contributed by atoms with Gasteiger partial charge in [0.25, 0.3) is 0 Å². The summed E-state index contributed by atoms with van der Waals surface area (Å²) in [5.41, 5.74) is 0.901. The third kappa shape index (κ3) is 5.71. The normalized spacial score (nSPS) is 18.8. The lowest BCUT2D eigenvalue weighted by Crippen LogP contribution is -2.57. The summed E-state index contributed by atoms with van der Waals surface area (Å²) in [4.78, 5) is 24.2. The van der Waals surface area contributed by atoms with E-state index in [9.17, 15) is 4.79 Å². The van der Waals surface area contributed by atoms with E-state index in [0.717, 1.165) is 81.3 Å². The highest BCUT2D eigenvalue weighted by atomic mass is 127. The molecule has 2 aliphatic heterocycles. The van der Waals surface area contributed by atoms with E-state index in [4.69, 9.17) is 9.41 Å². The van der Waals surface area contributed by atoms with Crippen LogP contribution in [-0.4, -0.2) is 78.4 Å². The van der Waals surface area contributed by atoms with Crippen LogP contribution in [0, 0.1) is 0 Å². The number of guanidine groups is 1. The van der Waals surface area contributed by atoms with Crippen LogP contribution in [0.5, 0.6) is 0 Å². The van der Waals surface area contributed by atoms with Gasteiger partial charge in [-0.15, -0.1) is 24.0 Å². The molecule has 7 nitrogen and oxygen atoms in total. The third-order valence-electron chi connectivity index (χ3n) is 6.13. The Kier molecular flexibility index (Phi) is 8.59. The first-order chi connectivity index (χ1) is 14.7. The summed E-state index contributed by atoms with van der Waals surface area (Å²) in [6.45, 7) is 10.8. The van der Waals surface area contributed by atoms with Gasteiger partial charge in [0.1, 0.15) is 17.9 Å². The molecule has 0 spiro atoms. The van der Waals surface area contributed by atoms with E-state index in [1.807, 2.05) is 23.1 Å². The van der Waals surface area contributed by atoms with Crippen molar-refractivity contribution in [2.45, 2.75) is 39.3 Å². The number of halogens is 1. The Morgan fingerprint density at radius 3 is 2.48 bits per heavy atom. The van der Waals surface area contributed by atoms with Crippen molar-refractivity contribution in [3.63, 3.8) is 0 Å². The highest BCUT2D eigenvalue weighted by Crippen LogP contribution is 2.19. The van der Waals surface area contributed by atoms with Crippen molar-refractivity contribution in [1.29, 1.82) is 0 Å². The summed E-state index contributed by atoms with van der Waals surface area (Å²) < 4.78 is 5.90. The molecule has 2 fully saturated rings. The molecule has 1 aromatic heterocycles. The third-order valence-corrected chi connectivity index (χ3v) is 6.13. The molecule has 0 aliphatic carbocycles. The number of piperazine rings is 1. The fraction of sp³-hybridized carbons (Fsp3) is 0.565. The number of benzene rings is 1. The topological polar surface area (TPSA) is 64.3 Å². The number of aliphatic imine (C=N–C) groups is 1. The number of carbonyl (C=O) groups excluding carboxylic acids is 1. The largest absolute Gasteiger partial charge is 0.459 e. The molecule has 0 saturated carbocycles. The maximum atomic E-state index is 12.7. The smallest absolute Gasteiger partial charge is 0.239 e. The Bertz CT molecular complexity index is 852. The maximum Gasteiger partial charge on any atom is 0.239 e. The number of hydrogen-bond acceptors (Lipinski definition) is 4. The lowest BCUT2D eigenvalue weighted by Gasteiger charge is -2.39. The van der Waals surface area contributed by atoms with Gasteiger partial charge in [0.05, 0.1) is 6.04 Å². The first-order valence-electron chi connectivity index (χ1n) is 11.2. The van der Waals surface area contributed by atoms with Crippen molar-refractivity contribution in [1.82, 2.24) is 20.0 Å². The zero-order valence-electron chi connectivity index (χ0n) is 18.5. The van der Waals surface area contributed by atoms with E-state index < -0.39 is 0 Å². The van der Waals surface area contributed by atoms with Gasteiger partial charge in [-0.3, -0.25) is 9.69 Å². The molecule has 3 heterocycles.